The molecular formula is C14H15BrFNO3. The smallest absolute Gasteiger partial charge is 0.254 e. The Kier molecular flexibility index (Phi) is 3.69. The quantitative estimate of drug-likeness (QED) is 0.841. The van der Waals surface area contributed by atoms with Crippen LogP contribution in [0.25, 0.3) is 0 Å². The predicted molar refractivity (Wildman–Crippen MR) is 74.8 cm³/mol. The summed E-state index contributed by atoms with van der Waals surface area (Å²) < 4.78 is 23.3. The lowest BCUT2D eigenvalue weighted by Gasteiger charge is -2.54. The largest absolute Gasteiger partial charge is 0.490 e. The third kappa shape index (κ3) is 2.42. The number of alkyl halides is 1. The summed E-state index contributed by atoms with van der Waals surface area (Å²) >= 11 is 3.33. The highest BCUT2D eigenvalue weighted by Gasteiger charge is 2.50. The number of nitrogens with zero attached hydrogens (tertiary/aromatic N) is 1. The average Bonchev–Trinajstić information content (AvgIpc) is 2.34. The summed E-state index contributed by atoms with van der Waals surface area (Å²) in [5.74, 6) is 0.482. The number of ether oxygens (including phenoxy) is 2. The van der Waals surface area contributed by atoms with Gasteiger partial charge in [-0.05, 0) is 34.1 Å². The van der Waals surface area contributed by atoms with Crippen LogP contribution >= 0.6 is 15.9 Å². The van der Waals surface area contributed by atoms with Crippen LogP contribution in [-0.4, -0.2) is 50.4 Å². The maximum Gasteiger partial charge on any atom is 0.254 e. The van der Waals surface area contributed by atoms with E-state index >= 15 is 0 Å². The third-order valence-corrected chi connectivity index (χ3v) is 4.32. The Hall–Kier alpha value is -1.14. The second kappa shape index (κ2) is 5.33. The monoisotopic (exact) mass is 343 g/mol. The molecule has 0 bridgehead atoms. The fraction of sp³-hybridized carbons (Fsp3) is 0.500. The molecule has 6 heteroatoms. The molecule has 1 amide bonds. The maximum absolute atomic E-state index is 12.3. The summed E-state index contributed by atoms with van der Waals surface area (Å²) in [6.07, 6.45) is 0. The highest BCUT2D eigenvalue weighted by Crippen LogP contribution is 2.38. The van der Waals surface area contributed by atoms with E-state index in [0.717, 1.165) is 30.8 Å². The molecule has 0 aromatic heterocycles. The van der Waals surface area contributed by atoms with Crippen LogP contribution < -0.4 is 4.74 Å². The van der Waals surface area contributed by atoms with E-state index in [2.05, 4.69) is 15.9 Å². The van der Waals surface area contributed by atoms with Crippen LogP contribution in [-0.2, 0) is 4.74 Å². The zero-order valence-electron chi connectivity index (χ0n) is 10.9. The van der Waals surface area contributed by atoms with Crippen molar-refractivity contribution in [3.8, 4) is 5.75 Å². The number of carbonyl (C=O) groups is 1. The van der Waals surface area contributed by atoms with Crippen molar-refractivity contribution in [3.05, 3.63) is 28.2 Å². The van der Waals surface area contributed by atoms with Gasteiger partial charge in [0.05, 0.1) is 23.1 Å². The minimum Gasteiger partial charge on any atom is -0.490 e. The van der Waals surface area contributed by atoms with Gasteiger partial charge in [-0.15, -0.1) is 0 Å². The number of hydrogen-bond donors (Lipinski definition) is 0. The zero-order valence-corrected chi connectivity index (χ0v) is 12.5. The fourth-order valence-corrected chi connectivity index (χ4v) is 2.92. The number of halogens is 2. The molecule has 2 heterocycles. The van der Waals surface area contributed by atoms with Crippen molar-refractivity contribution in [2.75, 3.05) is 39.6 Å². The van der Waals surface area contributed by atoms with Gasteiger partial charge in [-0.25, -0.2) is 4.39 Å². The lowest BCUT2D eigenvalue weighted by Crippen LogP contribution is -2.67. The van der Waals surface area contributed by atoms with Gasteiger partial charge in [0.1, 0.15) is 19.0 Å². The molecule has 2 aliphatic rings. The number of benzene rings is 1. The van der Waals surface area contributed by atoms with Crippen molar-refractivity contribution in [1.82, 2.24) is 4.90 Å². The zero-order chi connectivity index (χ0) is 14.2. The van der Waals surface area contributed by atoms with Crippen molar-refractivity contribution >= 4 is 21.8 Å². The molecule has 2 fully saturated rings. The highest BCUT2D eigenvalue weighted by atomic mass is 79.9. The Balaban J connectivity index is 1.68. The maximum atomic E-state index is 12.3. The lowest BCUT2D eigenvalue weighted by atomic mass is 9.78. The van der Waals surface area contributed by atoms with E-state index in [1.165, 1.54) is 0 Å². The van der Waals surface area contributed by atoms with E-state index in [-0.39, 0.29) is 17.9 Å². The van der Waals surface area contributed by atoms with Gasteiger partial charge in [0, 0.05) is 18.7 Å². The molecule has 0 unspecified atom stereocenters. The number of carbonyl (C=O) groups excluding carboxylic acids is 1. The average molecular weight is 344 g/mol. The Bertz CT molecular complexity index is 525. The minimum atomic E-state index is -0.556. The minimum absolute atomic E-state index is 0.0135. The molecule has 2 aliphatic heterocycles. The third-order valence-electron chi connectivity index (χ3n) is 3.67. The number of amides is 1. The van der Waals surface area contributed by atoms with Crippen LogP contribution in [0.5, 0.6) is 5.75 Å². The van der Waals surface area contributed by atoms with E-state index < -0.39 is 6.67 Å². The summed E-state index contributed by atoms with van der Waals surface area (Å²) in [5, 5.41) is 0. The predicted octanol–water partition coefficient (Wildman–Crippen LogP) is 2.27. The van der Waals surface area contributed by atoms with Crippen LogP contribution in [0.15, 0.2) is 22.7 Å². The SMILES string of the molecule is O=C(c1ccc(Br)c(OCCF)c1)N1CC2(COC2)C1. The first-order valence-corrected chi connectivity index (χ1v) is 7.28. The summed E-state index contributed by atoms with van der Waals surface area (Å²) in [5.41, 5.74) is 0.774. The number of hydrogen-bond acceptors (Lipinski definition) is 3. The van der Waals surface area contributed by atoms with Crippen molar-refractivity contribution in [3.63, 3.8) is 0 Å². The number of likely N-dealkylation sites (tertiary alicyclic amines) is 1. The van der Waals surface area contributed by atoms with Gasteiger partial charge >= 0.3 is 0 Å². The molecule has 1 aromatic carbocycles. The van der Waals surface area contributed by atoms with Crippen LogP contribution in [0.3, 0.4) is 0 Å². The first kappa shape index (κ1) is 13.8. The molecule has 0 atom stereocenters. The van der Waals surface area contributed by atoms with Crippen LogP contribution in [0.2, 0.25) is 0 Å². The van der Waals surface area contributed by atoms with Gasteiger partial charge in [-0.3, -0.25) is 4.79 Å². The topological polar surface area (TPSA) is 38.8 Å². The van der Waals surface area contributed by atoms with E-state index in [4.69, 9.17) is 9.47 Å². The first-order valence-electron chi connectivity index (χ1n) is 6.49. The van der Waals surface area contributed by atoms with Gasteiger partial charge in [0.2, 0.25) is 0 Å². The molecule has 4 nitrogen and oxygen atoms in total. The van der Waals surface area contributed by atoms with Gasteiger partial charge in [-0.2, -0.15) is 0 Å². The molecule has 0 N–H and O–H groups in total. The van der Waals surface area contributed by atoms with Crippen LogP contribution in [0, 0.1) is 5.41 Å². The molecule has 2 saturated heterocycles. The molecule has 1 spiro atoms. The Morgan fingerprint density at radius 1 is 1.45 bits per heavy atom. The Morgan fingerprint density at radius 3 is 2.80 bits per heavy atom. The standard InChI is InChI=1S/C14H15BrFNO3/c15-11-2-1-10(5-12(11)20-4-3-16)13(18)17-6-14(7-17)8-19-9-14/h1-2,5H,3-4,6-9H2. The Morgan fingerprint density at radius 2 is 2.20 bits per heavy atom. The molecular weight excluding hydrogens is 329 g/mol. The van der Waals surface area contributed by atoms with Crippen molar-refractivity contribution in [2.24, 2.45) is 5.41 Å². The van der Waals surface area contributed by atoms with Gasteiger partial charge < -0.3 is 14.4 Å². The van der Waals surface area contributed by atoms with Crippen molar-refractivity contribution in [1.29, 1.82) is 0 Å². The van der Waals surface area contributed by atoms with E-state index in [9.17, 15) is 9.18 Å². The second-order valence-electron chi connectivity index (χ2n) is 5.34. The van der Waals surface area contributed by atoms with E-state index in [1.54, 1.807) is 18.2 Å². The molecule has 1 aromatic rings. The van der Waals surface area contributed by atoms with Crippen molar-refractivity contribution < 1.29 is 18.7 Å². The second-order valence-corrected chi connectivity index (χ2v) is 6.19. The summed E-state index contributed by atoms with van der Waals surface area (Å²) in [6.45, 7) is 2.44. The molecule has 3 rings (SSSR count). The lowest BCUT2D eigenvalue weighted by molar-refractivity contribution is -0.176. The molecule has 0 radical (unpaired) electrons. The van der Waals surface area contributed by atoms with Gasteiger partial charge in [-0.1, -0.05) is 0 Å². The summed E-state index contributed by atoms with van der Waals surface area (Å²) in [6, 6.07) is 5.16. The molecule has 20 heavy (non-hydrogen) atoms. The molecule has 108 valence electrons. The van der Waals surface area contributed by atoms with Gasteiger partial charge in [0.15, 0.2) is 0 Å². The molecule has 0 aliphatic carbocycles. The Labute approximate surface area is 125 Å². The number of rotatable bonds is 4. The van der Waals surface area contributed by atoms with E-state index in [0.29, 0.717) is 11.3 Å². The highest BCUT2D eigenvalue weighted by molar-refractivity contribution is 9.10. The van der Waals surface area contributed by atoms with E-state index in [1.807, 2.05) is 4.90 Å². The first-order chi connectivity index (χ1) is 9.63. The fourth-order valence-electron chi connectivity index (χ4n) is 2.56. The summed E-state index contributed by atoms with van der Waals surface area (Å²) in [7, 11) is 0. The van der Waals surface area contributed by atoms with Crippen LogP contribution in [0.1, 0.15) is 10.4 Å². The summed E-state index contributed by atoms with van der Waals surface area (Å²) in [4.78, 5) is 14.1. The van der Waals surface area contributed by atoms with Crippen molar-refractivity contribution in [2.45, 2.75) is 0 Å². The van der Waals surface area contributed by atoms with Crippen LogP contribution in [0.4, 0.5) is 4.39 Å². The molecule has 0 saturated carbocycles. The normalized spacial score (nSPS) is 19.4. The van der Waals surface area contributed by atoms with Gasteiger partial charge in [0.25, 0.3) is 5.91 Å².